The second kappa shape index (κ2) is 8.54. The van der Waals surface area contributed by atoms with Crippen LogP contribution < -0.4 is 5.32 Å². The van der Waals surface area contributed by atoms with Crippen molar-refractivity contribution in [3.8, 4) is 5.75 Å². The molecule has 1 aliphatic heterocycles. The number of nitrogens with zero attached hydrogens (tertiary/aromatic N) is 1. The van der Waals surface area contributed by atoms with Gasteiger partial charge < -0.3 is 24.8 Å². The first kappa shape index (κ1) is 19.5. The molecule has 25 heavy (non-hydrogen) atoms. The average molecular weight is 350 g/mol. The third-order valence-corrected chi connectivity index (χ3v) is 4.11. The SMILES string of the molecule is CC(CC1COCCN1C(=O)OC(C)(C)C)NCc1ccccc1O. The van der Waals surface area contributed by atoms with Gasteiger partial charge in [0.05, 0.1) is 19.3 Å². The molecule has 140 valence electrons. The Morgan fingerprint density at radius 3 is 2.84 bits per heavy atom. The monoisotopic (exact) mass is 350 g/mol. The van der Waals surface area contributed by atoms with E-state index in [1.165, 1.54) is 0 Å². The van der Waals surface area contributed by atoms with E-state index >= 15 is 0 Å². The van der Waals surface area contributed by atoms with E-state index in [9.17, 15) is 9.90 Å². The molecule has 1 fully saturated rings. The minimum atomic E-state index is -0.505. The Morgan fingerprint density at radius 2 is 2.16 bits per heavy atom. The molecule has 1 aromatic rings. The zero-order valence-electron chi connectivity index (χ0n) is 15.6. The molecule has 2 unspecified atom stereocenters. The molecule has 2 atom stereocenters. The maximum atomic E-state index is 12.4. The molecule has 2 rings (SSSR count). The van der Waals surface area contributed by atoms with E-state index in [1.807, 2.05) is 32.9 Å². The summed E-state index contributed by atoms with van der Waals surface area (Å²) in [6.07, 6.45) is 0.473. The highest BCUT2D eigenvalue weighted by Gasteiger charge is 2.31. The first-order valence-electron chi connectivity index (χ1n) is 8.84. The minimum Gasteiger partial charge on any atom is -0.508 e. The fraction of sp³-hybridized carbons (Fsp3) is 0.632. The van der Waals surface area contributed by atoms with Gasteiger partial charge in [-0.25, -0.2) is 4.79 Å². The molecule has 1 heterocycles. The number of hydrogen-bond acceptors (Lipinski definition) is 5. The van der Waals surface area contributed by atoms with Crippen LogP contribution in [0.15, 0.2) is 24.3 Å². The molecule has 0 bridgehead atoms. The summed E-state index contributed by atoms with van der Waals surface area (Å²) in [7, 11) is 0. The van der Waals surface area contributed by atoms with Crippen molar-refractivity contribution >= 4 is 6.09 Å². The van der Waals surface area contributed by atoms with Gasteiger partial charge in [0.2, 0.25) is 0 Å². The fourth-order valence-electron chi connectivity index (χ4n) is 2.85. The molecule has 6 nitrogen and oxygen atoms in total. The number of aromatic hydroxyl groups is 1. The number of carbonyl (C=O) groups excluding carboxylic acids is 1. The summed E-state index contributed by atoms with van der Waals surface area (Å²) in [4.78, 5) is 14.2. The maximum Gasteiger partial charge on any atom is 0.410 e. The normalized spacial score (nSPS) is 19.5. The molecule has 0 radical (unpaired) electrons. The molecule has 1 amide bonds. The van der Waals surface area contributed by atoms with Crippen molar-refractivity contribution in [3.05, 3.63) is 29.8 Å². The van der Waals surface area contributed by atoms with E-state index in [0.717, 1.165) is 12.0 Å². The van der Waals surface area contributed by atoms with Gasteiger partial charge in [-0.15, -0.1) is 0 Å². The van der Waals surface area contributed by atoms with Gasteiger partial charge in [0.1, 0.15) is 11.4 Å². The maximum absolute atomic E-state index is 12.4. The number of carbonyl (C=O) groups is 1. The molecule has 0 spiro atoms. The van der Waals surface area contributed by atoms with Gasteiger partial charge in [-0.05, 0) is 40.2 Å². The number of phenols is 1. The molecule has 0 aliphatic carbocycles. The third kappa shape index (κ3) is 6.21. The van der Waals surface area contributed by atoms with Gasteiger partial charge in [-0.3, -0.25) is 0 Å². The molecule has 1 saturated heterocycles. The van der Waals surface area contributed by atoms with Crippen LogP contribution in [0.2, 0.25) is 0 Å². The Bertz CT molecular complexity index is 571. The third-order valence-electron chi connectivity index (χ3n) is 4.11. The second-order valence-corrected chi connectivity index (χ2v) is 7.55. The van der Waals surface area contributed by atoms with E-state index in [4.69, 9.17) is 9.47 Å². The quantitative estimate of drug-likeness (QED) is 0.854. The van der Waals surface area contributed by atoms with Crippen LogP contribution in [0.25, 0.3) is 0 Å². The van der Waals surface area contributed by atoms with Crippen LogP contribution >= 0.6 is 0 Å². The van der Waals surface area contributed by atoms with Crippen molar-refractivity contribution in [1.29, 1.82) is 0 Å². The lowest BCUT2D eigenvalue weighted by atomic mass is 10.1. The van der Waals surface area contributed by atoms with Crippen molar-refractivity contribution in [2.75, 3.05) is 19.8 Å². The number of morpholine rings is 1. The number of para-hydroxylation sites is 1. The fourth-order valence-corrected chi connectivity index (χ4v) is 2.85. The number of benzene rings is 1. The Labute approximate surface area is 150 Å². The number of nitrogens with one attached hydrogen (secondary N) is 1. The minimum absolute atomic E-state index is 0.0181. The highest BCUT2D eigenvalue weighted by molar-refractivity contribution is 5.68. The summed E-state index contributed by atoms with van der Waals surface area (Å²) >= 11 is 0. The van der Waals surface area contributed by atoms with Crippen LogP contribution in [-0.4, -0.2) is 53.5 Å². The Balaban J connectivity index is 1.89. The van der Waals surface area contributed by atoms with E-state index < -0.39 is 5.60 Å². The number of rotatable bonds is 5. The number of amides is 1. The lowest BCUT2D eigenvalue weighted by molar-refractivity contribution is -0.0356. The highest BCUT2D eigenvalue weighted by atomic mass is 16.6. The Hall–Kier alpha value is -1.79. The smallest absolute Gasteiger partial charge is 0.410 e. The highest BCUT2D eigenvalue weighted by Crippen LogP contribution is 2.19. The van der Waals surface area contributed by atoms with Crippen LogP contribution in [0.1, 0.15) is 39.7 Å². The van der Waals surface area contributed by atoms with Crippen molar-refractivity contribution < 1.29 is 19.4 Å². The zero-order chi connectivity index (χ0) is 18.4. The van der Waals surface area contributed by atoms with Crippen LogP contribution in [-0.2, 0) is 16.0 Å². The van der Waals surface area contributed by atoms with Gasteiger partial charge in [0.25, 0.3) is 0 Å². The van der Waals surface area contributed by atoms with Crippen molar-refractivity contribution in [3.63, 3.8) is 0 Å². The molecule has 6 heteroatoms. The van der Waals surface area contributed by atoms with Crippen molar-refractivity contribution in [2.24, 2.45) is 0 Å². The van der Waals surface area contributed by atoms with Crippen LogP contribution in [0, 0.1) is 0 Å². The zero-order valence-corrected chi connectivity index (χ0v) is 15.6. The van der Waals surface area contributed by atoms with Gasteiger partial charge in [-0.1, -0.05) is 18.2 Å². The second-order valence-electron chi connectivity index (χ2n) is 7.55. The lowest BCUT2D eigenvalue weighted by Crippen LogP contribution is -2.52. The van der Waals surface area contributed by atoms with Gasteiger partial charge in [0, 0.05) is 24.7 Å². The van der Waals surface area contributed by atoms with E-state index in [2.05, 4.69) is 12.2 Å². The molecular weight excluding hydrogens is 320 g/mol. The molecule has 1 aromatic carbocycles. The summed E-state index contributed by atoms with van der Waals surface area (Å²) < 4.78 is 11.1. The lowest BCUT2D eigenvalue weighted by Gasteiger charge is -2.37. The van der Waals surface area contributed by atoms with Crippen LogP contribution in [0.4, 0.5) is 4.79 Å². The molecule has 1 aliphatic rings. The number of phenolic OH excluding ortho intramolecular Hbond substituents is 1. The molecule has 2 N–H and O–H groups in total. The number of hydrogen-bond donors (Lipinski definition) is 2. The van der Waals surface area contributed by atoms with Crippen LogP contribution in [0.3, 0.4) is 0 Å². The Morgan fingerprint density at radius 1 is 1.44 bits per heavy atom. The van der Waals surface area contributed by atoms with Crippen molar-refractivity contribution in [1.82, 2.24) is 10.2 Å². The largest absolute Gasteiger partial charge is 0.508 e. The Kier molecular flexibility index (Phi) is 6.67. The van der Waals surface area contributed by atoms with E-state index in [-0.39, 0.29) is 18.2 Å². The number of ether oxygens (including phenoxy) is 2. The summed E-state index contributed by atoms with van der Waals surface area (Å²) in [6.45, 7) is 9.86. The van der Waals surface area contributed by atoms with E-state index in [1.54, 1.807) is 17.0 Å². The summed E-state index contributed by atoms with van der Waals surface area (Å²) in [6, 6.07) is 7.43. The molecular formula is C19H30N2O4. The van der Waals surface area contributed by atoms with Gasteiger partial charge in [0.15, 0.2) is 0 Å². The predicted octanol–water partition coefficient (Wildman–Crippen LogP) is 2.90. The van der Waals surface area contributed by atoms with Gasteiger partial charge in [-0.2, -0.15) is 0 Å². The summed E-state index contributed by atoms with van der Waals surface area (Å²) in [5, 5.41) is 13.2. The summed E-state index contributed by atoms with van der Waals surface area (Å²) in [5.41, 5.74) is 0.354. The van der Waals surface area contributed by atoms with Crippen molar-refractivity contribution in [2.45, 2.75) is 58.3 Å². The van der Waals surface area contributed by atoms with Gasteiger partial charge >= 0.3 is 6.09 Å². The first-order chi connectivity index (χ1) is 11.8. The molecule has 0 saturated carbocycles. The average Bonchev–Trinajstić information content (AvgIpc) is 2.53. The van der Waals surface area contributed by atoms with Crippen LogP contribution in [0.5, 0.6) is 5.75 Å². The standard InChI is InChI=1S/C19H30N2O4/c1-14(20-12-15-7-5-6-8-17(15)22)11-16-13-24-10-9-21(16)18(23)25-19(2,3)4/h5-8,14,16,20,22H,9-13H2,1-4H3. The molecule has 0 aromatic heterocycles. The topological polar surface area (TPSA) is 71.0 Å². The predicted molar refractivity (Wildman–Crippen MR) is 96.6 cm³/mol. The van der Waals surface area contributed by atoms with E-state index in [0.29, 0.717) is 32.1 Å². The first-order valence-corrected chi connectivity index (χ1v) is 8.84. The summed E-state index contributed by atoms with van der Waals surface area (Å²) in [5.74, 6) is 0.290.